The molecule has 0 saturated carbocycles. The van der Waals surface area contributed by atoms with Crippen molar-refractivity contribution in [3.8, 4) is 0 Å². The minimum absolute atomic E-state index is 0.112. The number of carbonyl (C=O) groups is 1. The Balaban J connectivity index is 1.90. The summed E-state index contributed by atoms with van der Waals surface area (Å²) in [5, 5.41) is 0. The largest absolute Gasteiger partial charge is 0.301 e. The molecule has 0 fully saturated rings. The van der Waals surface area contributed by atoms with E-state index in [2.05, 4.69) is 76.9 Å². The van der Waals surface area contributed by atoms with Crippen LogP contribution in [0.3, 0.4) is 0 Å². The maximum atomic E-state index is 11.5. The Morgan fingerprint density at radius 2 is 2.10 bits per heavy atom. The first-order valence-electron chi connectivity index (χ1n) is 6.71. The third kappa shape index (κ3) is 2.52. The van der Waals surface area contributed by atoms with E-state index in [4.69, 9.17) is 0 Å². The molecule has 0 N–H and O–H groups in total. The van der Waals surface area contributed by atoms with Crippen molar-refractivity contribution < 1.29 is 4.79 Å². The summed E-state index contributed by atoms with van der Waals surface area (Å²) in [4.78, 5) is 13.8. The zero-order valence-electron chi connectivity index (χ0n) is 11.3. The molecule has 1 aliphatic heterocycles. The van der Waals surface area contributed by atoms with Crippen molar-refractivity contribution >= 4 is 28.9 Å². The number of carbonyl (C=O) groups excluding carboxylic acids is 1. The van der Waals surface area contributed by atoms with Gasteiger partial charge in [0.15, 0.2) is 0 Å². The van der Waals surface area contributed by atoms with E-state index in [1.54, 1.807) is 0 Å². The second kappa shape index (κ2) is 5.66. The van der Waals surface area contributed by atoms with E-state index in [-0.39, 0.29) is 6.04 Å². The highest BCUT2D eigenvalue weighted by Crippen LogP contribution is 2.36. The van der Waals surface area contributed by atoms with Crippen LogP contribution in [-0.4, -0.2) is 11.2 Å². The number of fused-ring (bicyclic) bond motifs is 1. The van der Waals surface area contributed by atoms with Gasteiger partial charge in [0.05, 0.1) is 6.04 Å². The third-order valence-electron chi connectivity index (χ3n) is 3.80. The van der Waals surface area contributed by atoms with Crippen LogP contribution in [0.15, 0.2) is 42.5 Å². The number of hydrogen-bond acceptors (Lipinski definition) is 2. The second-order valence-electron chi connectivity index (χ2n) is 5.29. The quantitative estimate of drug-likeness (QED) is 0.598. The molecule has 0 aromatic heterocycles. The first-order chi connectivity index (χ1) is 9.69. The highest BCUT2D eigenvalue weighted by Gasteiger charge is 2.31. The fourth-order valence-corrected chi connectivity index (χ4v) is 3.78. The standard InChI is InChI=1S/C17H16INO/c1-12-4-2-5-13(8-12)9-19-10-14-6-3-7-15(18)17(14)16(19)11-20/h2-8,11,16H,9-10H2,1H3. The van der Waals surface area contributed by atoms with Crippen molar-refractivity contribution in [3.63, 3.8) is 0 Å². The molecule has 1 unspecified atom stereocenters. The molecule has 2 aromatic carbocycles. The van der Waals surface area contributed by atoms with Gasteiger partial charge < -0.3 is 4.79 Å². The highest BCUT2D eigenvalue weighted by atomic mass is 127. The molecular weight excluding hydrogens is 361 g/mol. The number of aryl methyl sites for hydroxylation is 1. The van der Waals surface area contributed by atoms with E-state index in [1.165, 1.54) is 25.8 Å². The van der Waals surface area contributed by atoms with Gasteiger partial charge in [-0.15, -0.1) is 0 Å². The lowest BCUT2D eigenvalue weighted by Gasteiger charge is -2.21. The molecule has 2 nitrogen and oxygen atoms in total. The summed E-state index contributed by atoms with van der Waals surface area (Å²) in [6, 6.07) is 14.7. The SMILES string of the molecule is Cc1cccc(CN2Cc3cccc(I)c3C2C=O)c1. The third-order valence-corrected chi connectivity index (χ3v) is 4.74. The normalized spacial score (nSPS) is 18.0. The van der Waals surface area contributed by atoms with Crippen LogP contribution in [0.25, 0.3) is 0 Å². The summed E-state index contributed by atoms with van der Waals surface area (Å²) in [7, 11) is 0. The van der Waals surface area contributed by atoms with Gasteiger partial charge in [0.2, 0.25) is 0 Å². The molecule has 102 valence electrons. The van der Waals surface area contributed by atoms with Gasteiger partial charge in [0, 0.05) is 16.7 Å². The molecule has 1 aliphatic rings. The summed E-state index contributed by atoms with van der Waals surface area (Å²) in [5.41, 5.74) is 4.99. The van der Waals surface area contributed by atoms with Crippen LogP contribution in [0.1, 0.15) is 28.3 Å². The zero-order chi connectivity index (χ0) is 14.1. The van der Waals surface area contributed by atoms with Crippen LogP contribution in [0, 0.1) is 10.5 Å². The number of aldehydes is 1. The summed E-state index contributed by atoms with van der Waals surface area (Å²) < 4.78 is 1.18. The molecule has 0 spiro atoms. The molecule has 2 aromatic rings. The minimum atomic E-state index is -0.112. The van der Waals surface area contributed by atoms with Crippen LogP contribution >= 0.6 is 22.6 Å². The molecule has 0 bridgehead atoms. The highest BCUT2D eigenvalue weighted by molar-refractivity contribution is 14.1. The summed E-state index contributed by atoms with van der Waals surface area (Å²) in [5.74, 6) is 0. The molecule has 1 heterocycles. The Morgan fingerprint density at radius 3 is 2.85 bits per heavy atom. The smallest absolute Gasteiger partial charge is 0.141 e. The summed E-state index contributed by atoms with van der Waals surface area (Å²) in [6.45, 7) is 3.77. The minimum Gasteiger partial charge on any atom is -0.301 e. The lowest BCUT2D eigenvalue weighted by atomic mass is 10.1. The van der Waals surface area contributed by atoms with Gasteiger partial charge in [-0.25, -0.2) is 0 Å². The first kappa shape index (κ1) is 13.8. The molecule has 3 rings (SSSR count). The second-order valence-corrected chi connectivity index (χ2v) is 6.45. The van der Waals surface area contributed by atoms with Crippen LogP contribution < -0.4 is 0 Å². The molecule has 0 radical (unpaired) electrons. The Kier molecular flexibility index (Phi) is 3.89. The van der Waals surface area contributed by atoms with E-state index < -0.39 is 0 Å². The van der Waals surface area contributed by atoms with Crippen molar-refractivity contribution in [2.75, 3.05) is 0 Å². The topological polar surface area (TPSA) is 20.3 Å². The van der Waals surface area contributed by atoms with Gasteiger partial charge in [-0.3, -0.25) is 4.90 Å². The summed E-state index contributed by atoms with van der Waals surface area (Å²) in [6.07, 6.45) is 1.07. The van der Waals surface area contributed by atoms with Gasteiger partial charge in [-0.05, 0) is 52.3 Å². The monoisotopic (exact) mass is 377 g/mol. The molecule has 20 heavy (non-hydrogen) atoms. The molecule has 0 aliphatic carbocycles. The van der Waals surface area contributed by atoms with Crippen molar-refractivity contribution in [1.82, 2.24) is 4.90 Å². The number of halogens is 1. The fraction of sp³-hybridized carbons (Fsp3) is 0.235. The number of hydrogen-bond donors (Lipinski definition) is 0. The van der Waals surface area contributed by atoms with E-state index in [0.29, 0.717) is 0 Å². The molecule has 3 heteroatoms. The van der Waals surface area contributed by atoms with E-state index in [0.717, 1.165) is 19.4 Å². The molecule has 1 atom stereocenters. The average Bonchev–Trinajstić information content (AvgIpc) is 2.77. The maximum absolute atomic E-state index is 11.5. The van der Waals surface area contributed by atoms with Gasteiger partial charge >= 0.3 is 0 Å². The van der Waals surface area contributed by atoms with Crippen LogP contribution in [-0.2, 0) is 17.9 Å². The fourth-order valence-electron chi connectivity index (χ4n) is 2.90. The van der Waals surface area contributed by atoms with Crippen LogP contribution in [0.5, 0.6) is 0 Å². The number of rotatable bonds is 3. The first-order valence-corrected chi connectivity index (χ1v) is 7.79. The maximum Gasteiger partial charge on any atom is 0.141 e. The molecule has 0 amide bonds. The van der Waals surface area contributed by atoms with Crippen LogP contribution in [0.4, 0.5) is 0 Å². The van der Waals surface area contributed by atoms with Gasteiger partial charge in [-0.2, -0.15) is 0 Å². The van der Waals surface area contributed by atoms with E-state index >= 15 is 0 Å². The number of nitrogens with zero attached hydrogens (tertiary/aromatic N) is 1. The van der Waals surface area contributed by atoms with Crippen LogP contribution in [0.2, 0.25) is 0 Å². The predicted molar refractivity (Wildman–Crippen MR) is 88.4 cm³/mol. The lowest BCUT2D eigenvalue weighted by Crippen LogP contribution is -2.23. The zero-order valence-corrected chi connectivity index (χ0v) is 13.5. The average molecular weight is 377 g/mol. The van der Waals surface area contributed by atoms with Gasteiger partial charge in [-0.1, -0.05) is 42.0 Å². The Hall–Kier alpha value is -1.20. The van der Waals surface area contributed by atoms with Crippen molar-refractivity contribution in [2.45, 2.75) is 26.1 Å². The summed E-state index contributed by atoms with van der Waals surface area (Å²) >= 11 is 2.33. The number of benzene rings is 2. The Morgan fingerprint density at radius 1 is 1.30 bits per heavy atom. The molecule has 0 saturated heterocycles. The van der Waals surface area contributed by atoms with E-state index in [9.17, 15) is 4.79 Å². The lowest BCUT2D eigenvalue weighted by molar-refractivity contribution is -0.112. The van der Waals surface area contributed by atoms with E-state index in [1.807, 2.05) is 0 Å². The molecular formula is C17H16INO. The Labute approximate surface area is 132 Å². The van der Waals surface area contributed by atoms with Gasteiger partial charge in [0.1, 0.15) is 6.29 Å². The van der Waals surface area contributed by atoms with Gasteiger partial charge in [0.25, 0.3) is 0 Å². The van der Waals surface area contributed by atoms with Crippen molar-refractivity contribution in [2.24, 2.45) is 0 Å². The van der Waals surface area contributed by atoms with Crippen molar-refractivity contribution in [3.05, 3.63) is 68.3 Å². The van der Waals surface area contributed by atoms with Crippen molar-refractivity contribution in [1.29, 1.82) is 0 Å². The predicted octanol–water partition coefficient (Wildman–Crippen LogP) is 3.86. The Bertz CT molecular complexity index is 653.